The summed E-state index contributed by atoms with van der Waals surface area (Å²) in [4.78, 5) is 75.9. The van der Waals surface area contributed by atoms with E-state index in [9.17, 15) is 33.9 Å². The molecule has 0 fully saturated rings. The summed E-state index contributed by atoms with van der Waals surface area (Å²) >= 11 is 0. The number of amides is 4. The molecule has 5 atom stereocenters. The highest BCUT2D eigenvalue weighted by atomic mass is 16.4. The summed E-state index contributed by atoms with van der Waals surface area (Å²) in [5.41, 5.74) is 21.3. The smallest absolute Gasteiger partial charge is 0.326 e. The summed E-state index contributed by atoms with van der Waals surface area (Å²) < 4.78 is 0. The molecular formula is C22H40N8O8. The molecule has 0 aliphatic rings. The van der Waals surface area contributed by atoms with Crippen LogP contribution in [0, 0.1) is 5.92 Å². The molecule has 0 heterocycles. The number of nitrogens with one attached hydrogen (secondary N) is 3. The van der Waals surface area contributed by atoms with E-state index in [0.717, 1.165) is 0 Å². The van der Waals surface area contributed by atoms with Crippen LogP contribution in [0.3, 0.4) is 0 Å². The van der Waals surface area contributed by atoms with Crippen molar-refractivity contribution in [2.45, 2.75) is 83.0 Å². The number of carboxylic acid groups (broad SMARTS) is 2. The van der Waals surface area contributed by atoms with Crippen LogP contribution in [0.15, 0.2) is 4.99 Å². The lowest BCUT2D eigenvalue weighted by Gasteiger charge is -2.28. The van der Waals surface area contributed by atoms with E-state index < -0.39 is 72.1 Å². The monoisotopic (exact) mass is 544 g/mol. The first kappa shape index (κ1) is 34.0. The highest BCUT2D eigenvalue weighted by Crippen LogP contribution is 2.11. The van der Waals surface area contributed by atoms with E-state index in [1.807, 2.05) is 0 Å². The van der Waals surface area contributed by atoms with Gasteiger partial charge in [-0.3, -0.25) is 29.0 Å². The Hall–Kier alpha value is -3.95. The van der Waals surface area contributed by atoms with Crippen molar-refractivity contribution in [3.8, 4) is 0 Å². The number of aliphatic imine (C=N–C) groups is 1. The Kier molecular flexibility index (Phi) is 15.7. The summed E-state index contributed by atoms with van der Waals surface area (Å²) in [6.45, 7) is 3.56. The van der Waals surface area contributed by atoms with Crippen LogP contribution < -0.4 is 38.9 Å². The minimum Gasteiger partial charge on any atom is -0.481 e. The molecule has 0 aliphatic heterocycles. The first-order valence-electron chi connectivity index (χ1n) is 12.1. The van der Waals surface area contributed by atoms with E-state index in [2.05, 4.69) is 20.9 Å². The van der Waals surface area contributed by atoms with Gasteiger partial charge in [-0.15, -0.1) is 0 Å². The van der Waals surface area contributed by atoms with Crippen LogP contribution in [0.25, 0.3) is 0 Å². The highest BCUT2D eigenvalue weighted by Gasteiger charge is 2.32. The molecule has 0 aromatic heterocycles. The number of guanidine groups is 1. The summed E-state index contributed by atoms with van der Waals surface area (Å²) in [6.07, 6.45) is -0.364. The van der Waals surface area contributed by atoms with Crippen LogP contribution in [-0.2, 0) is 28.8 Å². The Balaban J connectivity index is 5.57. The first-order valence-corrected chi connectivity index (χ1v) is 12.1. The Labute approximate surface area is 220 Å². The number of aliphatic carboxylic acids is 2. The minimum atomic E-state index is -1.37. The van der Waals surface area contributed by atoms with Gasteiger partial charge in [0, 0.05) is 19.4 Å². The summed E-state index contributed by atoms with van der Waals surface area (Å²) in [7, 11) is 0. The molecule has 4 amide bonds. The van der Waals surface area contributed by atoms with Gasteiger partial charge in [0.1, 0.15) is 18.1 Å². The molecule has 0 bridgehead atoms. The largest absolute Gasteiger partial charge is 0.481 e. The third kappa shape index (κ3) is 14.0. The maximum Gasteiger partial charge on any atom is 0.326 e. The molecule has 16 nitrogen and oxygen atoms in total. The van der Waals surface area contributed by atoms with E-state index in [0.29, 0.717) is 6.42 Å². The molecule has 0 saturated carbocycles. The van der Waals surface area contributed by atoms with Crippen molar-refractivity contribution in [3.63, 3.8) is 0 Å². The molecular weight excluding hydrogens is 504 g/mol. The zero-order chi connectivity index (χ0) is 29.4. The van der Waals surface area contributed by atoms with Crippen LogP contribution in [0.5, 0.6) is 0 Å². The van der Waals surface area contributed by atoms with Crippen molar-refractivity contribution >= 4 is 41.5 Å². The maximum atomic E-state index is 13.0. The lowest BCUT2D eigenvalue weighted by atomic mass is 9.96. The Morgan fingerprint density at radius 1 is 0.816 bits per heavy atom. The van der Waals surface area contributed by atoms with E-state index in [4.69, 9.17) is 28.0 Å². The van der Waals surface area contributed by atoms with Crippen molar-refractivity contribution in [1.82, 2.24) is 16.0 Å². The van der Waals surface area contributed by atoms with Crippen LogP contribution in [0.2, 0.25) is 0 Å². The van der Waals surface area contributed by atoms with Gasteiger partial charge in [-0.2, -0.15) is 0 Å². The molecule has 5 unspecified atom stereocenters. The summed E-state index contributed by atoms with van der Waals surface area (Å²) in [5.74, 6) is -6.25. The molecule has 0 aromatic carbocycles. The number of carbonyl (C=O) groups excluding carboxylic acids is 4. The number of nitrogens with zero attached hydrogens (tertiary/aromatic N) is 1. The zero-order valence-corrected chi connectivity index (χ0v) is 21.6. The lowest BCUT2D eigenvalue weighted by molar-refractivity contribution is -0.143. The molecule has 0 aromatic rings. The van der Waals surface area contributed by atoms with Gasteiger partial charge in [-0.25, -0.2) is 4.79 Å². The Morgan fingerprint density at radius 2 is 1.42 bits per heavy atom. The van der Waals surface area contributed by atoms with E-state index in [1.165, 1.54) is 0 Å². The van der Waals surface area contributed by atoms with Gasteiger partial charge in [-0.05, 0) is 31.6 Å². The lowest BCUT2D eigenvalue weighted by Crippen LogP contribution is -2.58. The van der Waals surface area contributed by atoms with Crippen LogP contribution in [0.1, 0.15) is 58.8 Å². The van der Waals surface area contributed by atoms with Gasteiger partial charge >= 0.3 is 11.9 Å². The number of nitrogens with two attached hydrogens (primary N) is 4. The first-order chi connectivity index (χ1) is 17.7. The van der Waals surface area contributed by atoms with Crippen molar-refractivity contribution in [1.29, 1.82) is 0 Å². The van der Waals surface area contributed by atoms with E-state index >= 15 is 0 Å². The van der Waals surface area contributed by atoms with Crippen molar-refractivity contribution < 1.29 is 39.0 Å². The normalized spacial score (nSPS) is 14.6. The van der Waals surface area contributed by atoms with Gasteiger partial charge in [0.15, 0.2) is 5.96 Å². The minimum absolute atomic E-state index is 0.0134. The predicted octanol–water partition coefficient (Wildman–Crippen LogP) is -2.92. The fourth-order valence-electron chi connectivity index (χ4n) is 3.22. The van der Waals surface area contributed by atoms with Gasteiger partial charge in [0.05, 0.1) is 6.04 Å². The van der Waals surface area contributed by atoms with Gasteiger partial charge in [-0.1, -0.05) is 20.3 Å². The second kappa shape index (κ2) is 17.5. The number of rotatable bonds is 19. The Bertz CT molecular complexity index is 877. The molecule has 0 spiro atoms. The highest BCUT2D eigenvalue weighted by molar-refractivity contribution is 5.94. The number of hydrogen-bond acceptors (Lipinski definition) is 8. The molecule has 38 heavy (non-hydrogen) atoms. The average Bonchev–Trinajstić information content (AvgIpc) is 2.83. The van der Waals surface area contributed by atoms with Crippen molar-refractivity contribution in [2.75, 3.05) is 6.54 Å². The molecule has 0 radical (unpaired) electrons. The molecule has 0 rings (SSSR count). The number of carbonyl (C=O) groups is 6. The van der Waals surface area contributed by atoms with Crippen LogP contribution in [0.4, 0.5) is 0 Å². The van der Waals surface area contributed by atoms with Crippen LogP contribution in [-0.4, -0.2) is 82.5 Å². The fourth-order valence-corrected chi connectivity index (χ4v) is 3.22. The van der Waals surface area contributed by atoms with Gasteiger partial charge in [0.25, 0.3) is 0 Å². The number of primary amides is 1. The standard InChI is InChI=1S/C22H40N8O8/c1-3-11(2)17(20(36)29-14(21(37)38)5-4-10-27-22(25)26)30-19(35)13(7-9-16(32)33)28-18(34)12(23)6-8-15(24)31/h11-14,17H,3-10,23H2,1-2H3,(H2,24,31)(H,28,34)(H,29,36)(H,30,35)(H,32,33)(H,37,38)(H4,25,26,27). The van der Waals surface area contributed by atoms with Gasteiger partial charge < -0.3 is 49.1 Å². The Morgan fingerprint density at radius 3 is 1.92 bits per heavy atom. The van der Waals surface area contributed by atoms with Crippen molar-refractivity contribution in [2.24, 2.45) is 33.8 Å². The maximum absolute atomic E-state index is 13.0. The molecule has 0 saturated heterocycles. The SMILES string of the molecule is CCC(C)C(NC(=O)C(CCC(=O)O)NC(=O)C(N)CCC(N)=O)C(=O)NC(CCCN=C(N)N)C(=O)O. The molecule has 0 aliphatic carbocycles. The number of hydrogen-bond donors (Lipinski definition) is 9. The summed E-state index contributed by atoms with van der Waals surface area (Å²) in [6, 6.07) is -5.04. The third-order valence-electron chi connectivity index (χ3n) is 5.67. The van der Waals surface area contributed by atoms with E-state index in [1.54, 1.807) is 13.8 Å². The van der Waals surface area contributed by atoms with Crippen LogP contribution >= 0.6 is 0 Å². The second-order valence-corrected chi connectivity index (χ2v) is 8.83. The molecule has 216 valence electrons. The third-order valence-corrected chi connectivity index (χ3v) is 5.67. The predicted molar refractivity (Wildman–Crippen MR) is 136 cm³/mol. The number of carboxylic acids is 2. The topological polar surface area (TPSA) is 295 Å². The molecule has 16 heteroatoms. The summed E-state index contributed by atoms with van der Waals surface area (Å²) in [5, 5.41) is 25.8. The quantitative estimate of drug-likeness (QED) is 0.0450. The fraction of sp³-hybridized carbons (Fsp3) is 0.682. The van der Waals surface area contributed by atoms with E-state index in [-0.39, 0.29) is 44.6 Å². The van der Waals surface area contributed by atoms with Gasteiger partial charge in [0.2, 0.25) is 23.6 Å². The molecule has 13 N–H and O–H groups in total. The average molecular weight is 545 g/mol. The van der Waals surface area contributed by atoms with Crippen molar-refractivity contribution in [3.05, 3.63) is 0 Å². The zero-order valence-electron chi connectivity index (χ0n) is 21.6. The second-order valence-electron chi connectivity index (χ2n) is 8.83.